The predicted molar refractivity (Wildman–Crippen MR) is 314 cm³/mol. The van der Waals surface area contributed by atoms with Gasteiger partial charge >= 0.3 is 0 Å². The van der Waals surface area contributed by atoms with Gasteiger partial charge in [-0.1, -0.05) is 146 Å². The fraction of sp³-hybridized carbons (Fsp3) is 0.120. The quantitative estimate of drug-likeness (QED) is 0.119. The molecule has 0 atom stereocenters. The number of hydrogen-bond acceptors (Lipinski definition) is 6. The minimum Gasteiger partial charge on any atom is -0.192 e. The Kier molecular flexibility index (Phi) is 12.2. The summed E-state index contributed by atoms with van der Waals surface area (Å²) in [5.41, 5.74) is 22.1. The van der Waals surface area contributed by atoms with Gasteiger partial charge in [-0.3, -0.25) is 0 Å². The summed E-state index contributed by atoms with van der Waals surface area (Å²) in [7, 11) is 0. The monoisotopic (exact) mass is 1030 g/mol. The van der Waals surface area contributed by atoms with Crippen molar-refractivity contribution in [3.63, 3.8) is 0 Å². The first-order valence-electron chi connectivity index (χ1n) is 27.2. The fourth-order valence-corrected chi connectivity index (χ4v) is 14.3. The lowest BCUT2D eigenvalue weighted by Gasteiger charge is -2.39. The minimum absolute atomic E-state index is 0.583. The third-order valence-corrected chi connectivity index (χ3v) is 17.6. The van der Waals surface area contributed by atoms with E-state index < -0.39 is 16.2 Å². The van der Waals surface area contributed by atoms with Gasteiger partial charge in [-0.2, -0.15) is 31.6 Å². The summed E-state index contributed by atoms with van der Waals surface area (Å²) in [5, 5.41) is 60.7. The first kappa shape index (κ1) is 49.7. The van der Waals surface area contributed by atoms with Crippen LogP contribution in [0, 0.1) is 68.0 Å². The van der Waals surface area contributed by atoms with E-state index in [1.165, 1.54) is 50.1 Å². The van der Waals surface area contributed by atoms with Crippen LogP contribution in [-0.4, -0.2) is 0 Å². The van der Waals surface area contributed by atoms with E-state index in [0.717, 1.165) is 50.1 Å². The second-order valence-electron chi connectivity index (χ2n) is 22.0. The number of nitriles is 6. The van der Waals surface area contributed by atoms with Crippen molar-refractivity contribution in [1.82, 2.24) is 0 Å². The first-order chi connectivity index (χ1) is 39.7. The lowest BCUT2D eigenvalue weighted by atomic mass is 9.62. The predicted octanol–water partition coefficient (Wildman–Crippen LogP) is 15.2. The highest BCUT2D eigenvalue weighted by atomic mass is 14.6. The summed E-state index contributed by atoms with van der Waals surface area (Å²) in [6, 6.07) is 89.4. The highest BCUT2D eigenvalue weighted by molar-refractivity contribution is 6.05. The van der Waals surface area contributed by atoms with Crippen molar-refractivity contribution in [1.29, 1.82) is 31.6 Å². The molecule has 0 spiro atoms. The van der Waals surface area contributed by atoms with E-state index in [1.54, 1.807) is 0 Å². The molecule has 0 unspecified atom stereocenters. The summed E-state index contributed by atoms with van der Waals surface area (Å²) in [6.07, 6.45) is 3.50. The van der Waals surface area contributed by atoms with E-state index >= 15 is 0 Å². The van der Waals surface area contributed by atoms with Gasteiger partial charge in [-0.25, -0.2) is 0 Å². The van der Waals surface area contributed by atoms with Gasteiger partial charge in [0.05, 0.1) is 69.8 Å². The zero-order valence-electron chi connectivity index (χ0n) is 44.2. The second-order valence-corrected chi connectivity index (χ2v) is 22.0. The van der Waals surface area contributed by atoms with Crippen LogP contribution in [0.2, 0.25) is 0 Å². The van der Waals surface area contributed by atoms with E-state index in [0.29, 0.717) is 71.9 Å². The Morgan fingerprint density at radius 1 is 0.222 bits per heavy atom. The number of benzene rings is 10. The number of fused-ring (bicyclic) bond motifs is 12. The standard InChI is InChI=1S/C75H48N6/c76-43-55-25-13-49(14-26-55)37-73(38-50-15-27-56(44-77)28-16-50)64-10-4-1-7-61(64)67-70(73)68-63-9-3-6-12-66(63)75(41-53-21-33-59(47-80)34-22-53,42-54-23-35-60(48-81)36-24-54)72(68)69-62-8-2-5-11-65(62)74(71(67)69,39-51-17-29-57(45-78)30-18-51)40-52-19-31-58(46-79)32-20-52/h1-36H,37-42H2. The number of nitrogens with zero attached hydrogens (tertiary/aromatic N) is 6. The molecule has 378 valence electrons. The molecule has 6 heteroatoms. The molecule has 0 aliphatic heterocycles. The zero-order valence-corrected chi connectivity index (χ0v) is 44.2. The van der Waals surface area contributed by atoms with Gasteiger partial charge in [0, 0.05) is 16.2 Å². The summed E-state index contributed by atoms with van der Waals surface area (Å²) >= 11 is 0. The molecular weight excluding hydrogens is 985 g/mol. The summed E-state index contributed by atoms with van der Waals surface area (Å²) in [5.74, 6) is 0. The molecule has 0 heterocycles. The molecule has 0 aromatic heterocycles. The van der Waals surface area contributed by atoms with Crippen molar-refractivity contribution in [2.24, 2.45) is 0 Å². The van der Waals surface area contributed by atoms with E-state index in [4.69, 9.17) is 0 Å². The molecule has 0 N–H and O–H groups in total. The van der Waals surface area contributed by atoms with Crippen LogP contribution in [-0.2, 0) is 54.8 Å². The van der Waals surface area contributed by atoms with E-state index in [2.05, 4.69) is 182 Å². The largest absolute Gasteiger partial charge is 0.192 e. The van der Waals surface area contributed by atoms with E-state index in [1.807, 2.05) is 72.8 Å². The second kappa shape index (κ2) is 19.9. The van der Waals surface area contributed by atoms with Crippen molar-refractivity contribution in [2.75, 3.05) is 0 Å². The molecule has 3 aliphatic rings. The SMILES string of the molecule is N#Cc1ccc(CC2(Cc3ccc(C#N)cc3)c3ccccc3-c3c2c2c(c4c3C(Cc3ccc(C#N)cc3)(Cc3ccc(C#N)cc3)c3ccccc3-4)C(Cc3ccc(C#N)cc3)(Cc3ccc(C#N)cc3)c3ccccc3-2)cc1. The maximum Gasteiger partial charge on any atom is 0.0991 e. The molecule has 13 rings (SSSR count). The van der Waals surface area contributed by atoms with Crippen molar-refractivity contribution in [3.8, 4) is 69.8 Å². The Morgan fingerprint density at radius 2 is 0.395 bits per heavy atom. The van der Waals surface area contributed by atoms with Gasteiger partial charge in [0.15, 0.2) is 0 Å². The Balaban J connectivity index is 1.25. The maximum absolute atomic E-state index is 10.1. The first-order valence-corrected chi connectivity index (χ1v) is 27.2. The smallest absolute Gasteiger partial charge is 0.0991 e. The average molecular weight is 1030 g/mol. The summed E-state index contributed by atoms with van der Waals surface area (Å²) < 4.78 is 0. The molecule has 81 heavy (non-hydrogen) atoms. The number of hydrogen-bond donors (Lipinski definition) is 0. The molecule has 0 amide bonds. The third-order valence-electron chi connectivity index (χ3n) is 17.6. The van der Waals surface area contributed by atoms with Crippen molar-refractivity contribution < 1.29 is 0 Å². The molecular formula is C75H48N6. The average Bonchev–Trinajstić information content (AvgIpc) is 2.17. The maximum atomic E-state index is 10.1. The molecule has 10 aromatic rings. The van der Waals surface area contributed by atoms with Crippen LogP contribution in [0.4, 0.5) is 0 Å². The van der Waals surface area contributed by atoms with Gasteiger partial charge in [0.2, 0.25) is 0 Å². The summed E-state index contributed by atoms with van der Waals surface area (Å²) in [6.45, 7) is 0. The van der Waals surface area contributed by atoms with Gasteiger partial charge < -0.3 is 0 Å². The Bertz CT molecular complexity index is 3770. The molecule has 0 saturated carbocycles. The molecule has 0 fully saturated rings. The lowest BCUT2D eigenvalue weighted by Crippen LogP contribution is -2.36. The summed E-state index contributed by atoms with van der Waals surface area (Å²) in [4.78, 5) is 0. The Hall–Kier alpha value is -10.9. The van der Waals surface area contributed by atoms with Crippen LogP contribution in [0.15, 0.2) is 218 Å². The lowest BCUT2D eigenvalue weighted by molar-refractivity contribution is 0.502. The van der Waals surface area contributed by atoms with Crippen molar-refractivity contribution in [3.05, 3.63) is 319 Å². The van der Waals surface area contributed by atoms with Crippen LogP contribution in [0.3, 0.4) is 0 Å². The van der Waals surface area contributed by atoms with Crippen LogP contribution in [0.1, 0.15) is 100 Å². The van der Waals surface area contributed by atoms with E-state index in [9.17, 15) is 31.6 Å². The highest BCUT2D eigenvalue weighted by Gasteiger charge is 2.58. The van der Waals surface area contributed by atoms with Crippen LogP contribution in [0.5, 0.6) is 0 Å². The molecule has 0 saturated heterocycles. The molecule has 0 radical (unpaired) electrons. The van der Waals surface area contributed by atoms with Gasteiger partial charge in [-0.15, -0.1) is 0 Å². The highest BCUT2D eigenvalue weighted by Crippen LogP contribution is 2.70. The zero-order chi connectivity index (χ0) is 55.3. The van der Waals surface area contributed by atoms with Crippen LogP contribution < -0.4 is 0 Å². The van der Waals surface area contributed by atoms with Crippen molar-refractivity contribution in [2.45, 2.75) is 54.8 Å². The topological polar surface area (TPSA) is 143 Å². The van der Waals surface area contributed by atoms with Gasteiger partial charge in [0.25, 0.3) is 0 Å². The minimum atomic E-state index is -0.747. The van der Waals surface area contributed by atoms with Crippen LogP contribution in [0.25, 0.3) is 33.4 Å². The van der Waals surface area contributed by atoms with Crippen LogP contribution >= 0.6 is 0 Å². The Morgan fingerprint density at radius 3 is 0.568 bits per heavy atom. The van der Waals surface area contributed by atoms with Gasteiger partial charge in [-0.05, 0) is 211 Å². The fourth-order valence-electron chi connectivity index (χ4n) is 14.3. The molecule has 6 nitrogen and oxygen atoms in total. The van der Waals surface area contributed by atoms with Crippen molar-refractivity contribution >= 4 is 0 Å². The normalized spacial score (nSPS) is 13.7. The van der Waals surface area contributed by atoms with E-state index in [-0.39, 0.29) is 0 Å². The van der Waals surface area contributed by atoms with Gasteiger partial charge in [0.1, 0.15) is 0 Å². The molecule has 10 aromatic carbocycles. The third kappa shape index (κ3) is 8.10. The molecule has 0 bridgehead atoms. The number of rotatable bonds is 12. The molecule has 3 aliphatic carbocycles. The Labute approximate surface area is 472 Å².